The van der Waals surface area contributed by atoms with E-state index in [0.717, 1.165) is 36.5 Å². The van der Waals surface area contributed by atoms with Crippen LogP contribution in [-0.2, 0) is 9.47 Å². The van der Waals surface area contributed by atoms with Crippen molar-refractivity contribution >= 4 is 77.2 Å². The molecule has 0 saturated carbocycles. The minimum Gasteiger partial charge on any atom is -0.443 e. The summed E-state index contributed by atoms with van der Waals surface area (Å²) in [6.45, 7) is 14.4. The van der Waals surface area contributed by atoms with Crippen molar-refractivity contribution in [1.82, 2.24) is 9.97 Å². The van der Waals surface area contributed by atoms with Crippen molar-refractivity contribution in [2.75, 3.05) is 10.6 Å². The molecule has 0 fully saturated rings. The van der Waals surface area contributed by atoms with Gasteiger partial charge in [-0.15, -0.1) is 0 Å². The molecule has 0 radical (unpaired) electrons. The Morgan fingerprint density at radius 3 is 1.62 bits per heavy atom. The number of halogens is 2. The first-order valence-electron chi connectivity index (χ1n) is 12.6. The maximum Gasteiger partial charge on any atom is 0.425 e. The number of rotatable bonds is 1. The summed E-state index contributed by atoms with van der Waals surface area (Å²) in [5, 5.41) is 3.93. The number of anilines is 2. The van der Waals surface area contributed by atoms with Gasteiger partial charge in [0.2, 0.25) is 0 Å². The number of nitrogens with zero attached hydrogens (tertiary/aromatic N) is 3. The lowest BCUT2D eigenvalue weighted by Crippen LogP contribution is -2.44. The van der Waals surface area contributed by atoms with E-state index < -0.39 is 23.4 Å². The number of aryl methyl sites for hydroxylation is 2. The van der Waals surface area contributed by atoms with Gasteiger partial charge in [0.1, 0.15) is 17.0 Å². The molecule has 2 N–H and O–H groups in total. The van der Waals surface area contributed by atoms with E-state index in [9.17, 15) is 9.59 Å². The molecule has 0 aliphatic carbocycles. The van der Waals surface area contributed by atoms with Crippen LogP contribution in [0.25, 0.3) is 21.5 Å². The predicted molar refractivity (Wildman–Crippen MR) is 168 cm³/mol. The van der Waals surface area contributed by atoms with Crippen LogP contribution in [0.1, 0.15) is 52.7 Å². The molecule has 2 aromatic heterocycles. The second-order valence-corrected chi connectivity index (χ2v) is 12.9. The molecule has 2 amide bonds. The second kappa shape index (κ2) is 12.1. The van der Waals surface area contributed by atoms with Gasteiger partial charge in [0.15, 0.2) is 5.82 Å². The van der Waals surface area contributed by atoms with Gasteiger partial charge in [-0.05, 0) is 87.2 Å². The van der Waals surface area contributed by atoms with Gasteiger partial charge in [0.05, 0.1) is 8.95 Å². The van der Waals surface area contributed by atoms with Crippen molar-refractivity contribution in [1.29, 1.82) is 0 Å². The topological polar surface area (TPSA) is 108 Å². The minimum absolute atomic E-state index is 0.122. The van der Waals surface area contributed by atoms with Gasteiger partial charge in [-0.25, -0.2) is 19.6 Å². The molecule has 10 heteroatoms. The first-order chi connectivity index (χ1) is 18.5. The molecule has 0 aliphatic heterocycles. The number of hydrogen-bond acceptors (Lipinski definition) is 7. The second-order valence-electron chi connectivity index (χ2n) is 11.3. The highest BCUT2D eigenvalue weighted by atomic mass is 79.9. The number of imide groups is 1. The van der Waals surface area contributed by atoms with Gasteiger partial charge in [0, 0.05) is 33.9 Å². The lowest BCUT2D eigenvalue weighted by molar-refractivity contribution is 0.0429. The summed E-state index contributed by atoms with van der Waals surface area (Å²) < 4.78 is 12.2. The minimum atomic E-state index is -0.850. The monoisotopic (exact) mass is 672 g/mol. The van der Waals surface area contributed by atoms with E-state index in [1.54, 1.807) is 53.9 Å². The first kappa shape index (κ1) is 31.3. The lowest BCUT2D eigenvalue weighted by Gasteiger charge is -2.28. The number of carbonyl (C=O) groups excluding carboxylic acids is 2. The number of nitrogens with two attached hydrogens (primary N) is 1. The molecular formula is C30H34Br2N4O4. The molecule has 0 saturated heterocycles. The summed E-state index contributed by atoms with van der Waals surface area (Å²) in [5.74, 6) is 0.662. The summed E-state index contributed by atoms with van der Waals surface area (Å²) in [4.78, 5) is 34.8. The number of ether oxygens (including phenoxy) is 2. The fourth-order valence-corrected chi connectivity index (χ4v) is 4.67. The van der Waals surface area contributed by atoms with Gasteiger partial charge in [-0.1, -0.05) is 47.5 Å². The van der Waals surface area contributed by atoms with E-state index in [1.807, 2.05) is 31.2 Å². The normalized spacial score (nSPS) is 11.6. The van der Waals surface area contributed by atoms with E-state index in [2.05, 4.69) is 60.9 Å². The Balaban J connectivity index is 0.000000281. The standard InChI is InChI=1S/C20H25BrN2O4.C10H9BrN2/c1-12-8-9-13-11-22-16(15(21)14(13)10-12)23(17(24)26-19(2,3)4)18(25)27-20(5,6)7;1-6-2-3-7-5-13-10(12)9(11)8(7)4-6/h8-11H,1-7H3;2-5H,1H3,(H2,12,13). The van der Waals surface area contributed by atoms with E-state index in [1.165, 1.54) is 5.56 Å². The third-order valence-electron chi connectivity index (χ3n) is 5.34. The lowest BCUT2D eigenvalue weighted by atomic mass is 10.1. The molecule has 0 aliphatic rings. The van der Waals surface area contributed by atoms with Crippen LogP contribution in [0, 0.1) is 13.8 Å². The van der Waals surface area contributed by atoms with Gasteiger partial charge in [-0.3, -0.25) is 0 Å². The highest BCUT2D eigenvalue weighted by Crippen LogP contribution is 2.34. The Bertz CT molecular complexity index is 1540. The first-order valence-corrected chi connectivity index (χ1v) is 14.2. The summed E-state index contributed by atoms with van der Waals surface area (Å²) in [6.07, 6.45) is 1.69. The van der Waals surface area contributed by atoms with Crippen LogP contribution in [0.2, 0.25) is 0 Å². The van der Waals surface area contributed by atoms with E-state index >= 15 is 0 Å². The van der Waals surface area contributed by atoms with E-state index in [4.69, 9.17) is 15.2 Å². The van der Waals surface area contributed by atoms with Crippen LogP contribution >= 0.6 is 31.9 Å². The summed E-state index contributed by atoms with van der Waals surface area (Å²) in [7, 11) is 0. The third-order valence-corrected chi connectivity index (χ3v) is 6.96. The van der Waals surface area contributed by atoms with Crippen molar-refractivity contribution in [3.05, 3.63) is 68.9 Å². The highest BCUT2D eigenvalue weighted by molar-refractivity contribution is 9.11. The van der Waals surface area contributed by atoms with Crippen LogP contribution in [0.15, 0.2) is 57.7 Å². The van der Waals surface area contributed by atoms with Crippen molar-refractivity contribution < 1.29 is 19.1 Å². The van der Waals surface area contributed by atoms with Crippen molar-refractivity contribution in [2.45, 2.75) is 66.6 Å². The number of amides is 2. The SMILES string of the molecule is Cc1ccc2cnc(N(C(=O)OC(C)(C)C)C(=O)OC(C)(C)C)c(Br)c2c1.Cc1ccc2cnc(N)c(Br)c2c1. The molecule has 0 bridgehead atoms. The molecule has 2 aromatic carbocycles. The van der Waals surface area contributed by atoms with E-state index in [-0.39, 0.29) is 5.82 Å². The zero-order chi connectivity index (χ0) is 30.0. The van der Waals surface area contributed by atoms with Gasteiger partial charge < -0.3 is 15.2 Å². The average molecular weight is 674 g/mol. The molecule has 4 rings (SSSR count). The summed E-state index contributed by atoms with van der Waals surface area (Å²) in [6, 6.07) is 12.0. The molecule has 8 nitrogen and oxygen atoms in total. The number of aromatic nitrogens is 2. The van der Waals surface area contributed by atoms with E-state index in [0.29, 0.717) is 10.3 Å². The molecule has 0 spiro atoms. The zero-order valence-corrected chi connectivity index (χ0v) is 27.1. The van der Waals surface area contributed by atoms with Crippen LogP contribution in [0.5, 0.6) is 0 Å². The number of benzene rings is 2. The molecular weight excluding hydrogens is 640 g/mol. The molecule has 0 atom stereocenters. The molecule has 2 heterocycles. The quantitative estimate of drug-likeness (QED) is 0.215. The molecule has 212 valence electrons. The maximum absolute atomic E-state index is 12.8. The highest BCUT2D eigenvalue weighted by Gasteiger charge is 2.35. The Morgan fingerprint density at radius 2 is 1.18 bits per heavy atom. The Labute approximate surface area is 251 Å². The largest absolute Gasteiger partial charge is 0.443 e. The van der Waals surface area contributed by atoms with Crippen molar-refractivity contribution in [2.24, 2.45) is 0 Å². The molecule has 4 aromatic rings. The van der Waals surface area contributed by atoms with Crippen molar-refractivity contribution in [3.8, 4) is 0 Å². The zero-order valence-electron chi connectivity index (χ0n) is 23.9. The molecule has 0 unspecified atom stereocenters. The van der Waals surface area contributed by atoms with Crippen LogP contribution in [0.3, 0.4) is 0 Å². The number of nitrogen functional groups attached to an aromatic ring is 1. The van der Waals surface area contributed by atoms with Crippen LogP contribution in [0.4, 0.5) is 21.2 Å². The summed E-state index contributed by atoms with van der Waals surface area (Å²) >= 11 is 6.92. The Morgan fingerprint density at radius 1 is 0.750 bits per heavy atom. The number of hydrogen-bond donors (Lipinski definition) is 1. The average Bonchev–Trinajstić information content (AvgIpc) is 2.82. The fraction of sp³-hybridized carbons (Fsp3) is 0.333. The maximum atomic E-state index is 12.8. The Kier molecular flexibility index (Phi) is 9.46. The predicted octanol–water partition coefficient (Wildman–Crippen LogP) is 8.87. The number of carbonyl (C=O) groups is 2. The fourth-order valence-electron chi connectivity index (χ4n) is 3.61. The van der Waals surface area contributed by atoms with Crippen LogP contribution in [-0.4, -0.2) is 33.4 Å². The smallest absolute Gasteiger partial charge is 0.425 e. The number of pyridine rings is 2. The Hall–Kier alpha value is -3.24. The van der Waals surface area contributed by atoms with Gasteiger partial charge in [0.25, 0.3) is 0 Å². The number of fused-ring (bicyclic) bond motifs is 2. The van der Waals surface area contributed by atoms with Crippen LogP contribution < -0.4 is 10.6 Å². The molecule has 40 heavy (non-hydrogen) atoms. The third kappa shape index (κ3) is 7.91. The van der Waals surface area contributed by atoms with Gasteiger partial charge >= 0.3 is 12.2 Å². The summed E-state index contributed by atoms with van der Waals surface area (Å²) in [5.41, 5.74) is 6.38. The van der Waals surface area contributed by atoms with Gasteiger partial charge in [-0.2, -0.15) is 4.90 Å². The van der Waals surface area contributed by atoms with Crippen molar-refractivity contribution in [3.63, 3.8) is 0 Å².